The fourth-order valence-corrected chi connectivity index (χ4v) is 1.02. The summed E-state index contributed by atoms with van der Waals surface area (Å²) in [6, 6.07) is 0. The van der Waals surface area contributed by atoms with Crippen LogP contribution in [0, 0.1) is 0 Å². The van der Waals surface area contributed by atoms with E-state index in [0.29, 0.717) is 12.0 Å². The van der Waals surface area contributed by atoms with Crippen LogP contribution >= 0.6 is 11.6 Å². The summed E-state index contributed by atoms with van der Waals surface area (Å²) in [6.07, 6.45) is 0.504. The topological polar surface area (TPSA) is 63.3 Å². The van der Waals surface area contributed by atoms with Gasteiger partial charge in [0.2, 0.25) is 5.22 Å². The van der Waals surface area contributed by atoms with Crippen LogP contribution in [0.15, 0.2) is 4.52 Å². The van der Waals surface area contributed by atoms with Crippen LogP contribution in [0.25, 0.3) is 0 Å². The first-order chi connectivity index (χ1) is 5.16. The minimum absolute atomic E-state index is 0.0601. The molecule has 0 atom stereocenters. The van der Waals surface area contributed by atoms with E-state index in [9.17, 15) is 4.79 Å². The summed E-state index contributed by atoms with van der Waals surface area (Å²) in [5, 5.41) is 11.9. The fraction of sp³-hybridized carbons (Fsp3) is 0.333. The van der Waals surface area contributed by atoms with E-state index in [0.717, 1.165) is 0 Å². The molecule has 0 aliphatic rings. The highest BCUT2D eigenvalue weighted by Crippen LogP contribution is 2.19. The van der Waals surface area contributed by atoms with Crippen LogP contribution in [-0.4, -0.2) is 16.2 Å². The third kappa shape index (κ3) is 1.35. The number of nitrogens with zero attached hydrogens (tertiary/aromatic N) is 1. The van der Waals surface area contributed by atoms with Gasteiger partial charge >= 0.3 is 5.97 Å². The number of hydrogen-bond acceptors (Lipinski definition) is 3. The average molecular weight is 176 g/mol. The summed E-state index contributed by atoms with van der Waals surface area (Å²) in [6.45, 7) is 1.78. The van der Waals surface area contributed by atoms with E-state index < -0.39 is 5.97 Å². The van der Waals surface area contributed by atoms with E-state index in [1.54, 1.807) is 6.92 Å². The van der Waals surface area contributed by atoms with Crippen molar-refractivity contribution in [3.05, 3.63) is 16.5 Å². The Hall–Kier alpha value is -1.03. The maximum atomic E-state index is 10.4. The van der Waals surface area contributed by atoms with Crippen molar-refractivity contribution in [2.75, 3.05) is 0 Å². The van der Waals surface area contributed by atoms with E-state index in [2.05, 4.69) is 9.68 Å². The fourth-order valence-electron chi connectivity index (χ4n) is 0.764. The van der Waals surface area contributed by atoms with Crippen LogP contribution in [0.5, 0.6) is 0 Å². The van der Waals surface area contributed by atoms with E-state index in [-0.39, 0.29) is 10.9 Å². The van der Waals surface area contributed by atoms with Gasteiger partial charge in [0.1, 0.15) is 0 Å². The van der Waals surface area contributed by atoms with Crippen molar-refractivity contribution in [2.24, 2.45) is 0 Å². The number of halogens is 1. The number of carboxylic acid groups (broad SMARTS) is 1. The number of aromatic nitrogens is 1. The Morgan fingerprint density at radius 3 is 2.82 bits per heavy atom. The van der Waals surface area contributed by atoms with Crippen molar-refractivity contribution in [1.29, 1.82) is 0 Å². The van der Waals surface area contributed by atoms with Gasteiger partial charge in [-0.3, -0.25) is 0 Å². The maximum Gasteiger partial charge on any atom is 0.358 e. The van der Waals surface area contributed by atoms with Gasteiger partial charge in [-0.05, 0) is 18.0 Å². The van der Waals surface area contributed by atoms with Gasteiger partial charge in [0.05, 0.1) is 0 Å². The first-order valence-electron chi connectivity index (χ1n) is 3.04. The van der Waals surface area contributed by atoms with Crippen LogP contribution in [-0.2, 0) is 6.42 Å². The molecule has 0 saturated heterocycles. The molecule has 60 valence electrons. The Bertz CT molecular complexity index is 281. The van der Waals surface area contributed by atoms with Gasteiger partial charge in [-0.25, -0.2) is 4.79 Å². The largest absolute Gasteiger partial charge is 0.476 e. The van der Waals surface area contributed by atoms with Gasteiger partial charge in [0.15, 0.2) is 5.69 Å². The second-order valence-electron chi connectivity index (χ2n) is 1.94. The van der Waals surface area contributed by atoms with Crippen molar-refractivity contribution >= 4 is 17.6 Å². The van der Waals surface area contributed by atoms with Crippen molar-refractivity contribution < 1.29 is 14.4 Å². The molecule has 1 N–H and O–H groups in total. The number of carboxylic acids is 1. The van der Waals surface area contributed by atoms with Crippen molar-refractivity contribution in [3.8, 4) is 0 Å². The van der Waals surface area contributed by atoms with Gasteiger partial charge in [0.25, 0.3) is 0 Å². The molecule has 1 rings (SSSR count). The lowest BCUT2D eigenvalue weighted by molar-refractivity contribution is 0.0685. The van der Waals surface area contributed by atoms with E-state index in [1.807, 2.05) is 0 Å². The van der Waals surface area contributed by atoms with Crippen LogP contribution in [0.3, 0.4) is 0 Å². The first-order valence-corrected chi connectivity index (χ1v) is 3.42. The summed E-state index contributed by atoms with van der Waals surface area (Å²) in [7, 11) is 0. The molecule has 4 nitrogen and oxygen atoms in total. The van der Waals surface area contributed by atoms with E-state index in [4.69, 9.17) is 16.7 Å². The minimum atomic E-state index is -1.11. The highest BCUT2D eigenvalue weighted by molar-refractivity contribution is 6.30. The van der Waals surface area contributed by atoms with Gasteiger partial charge < -0.3 is 9.63 Å². The second-order valence-corrected chi connectivity index (χ2v) is 2.29. The third-order valence-corrected chi connectivity index (χ3v) is 1.59. The summed E-state index contributed by atoms with van der Waals surface area (Å²) in [5.74, 6) is -1.11. The van der Waals surface area contributed by atoms with Gasteiger partial charge in [-0.2, -0.15) is 0 Å². The molecular formula is C6H6ClNO3. The molecule has 1 heterocycles. The summed E-state index contributed by atoms with van der Waals surface area (Å²) in [4.78, 5) is 10.4. The zero-order chi connectivity index (χ0) is 8.43. The zero-order valence-electron chi connectivity index (χ0n) is 5.80. The Kier molecular flexibility index (Phi) is 2.14. The predicted octanol–water partition coefficient (Wildman–Crippen LogP) is 1.59. The standard InChI is InChI=1S/C6H6ClNO3/c1-2-3-4(6(9)10)8-11-5(3)7/h2H2,1H3,(H,9,10). The lowest BCUT2D eigenvalue weighted by Crippen LogP contribution is -2.00. The zero-order valence-corrected chi connectivity index (χ0v) is 6.55. The van der Waals surface area contributed by atoms with Crippen LogP contribution in [0.2, 0.25) is 5.22 Å². The van der Waals surface area contributed by atoms with E-state index in [1.165, 1.54) is 0 Å². The van der Waals surface area contributed by atoms with Crippen molar-refractivity contribution in [1.82, 2.24) is 5.16 Å². The molecule has 0 unspecified atom stereocenters. The normalized spacial score (nSPS) is 10.0. The molecule has 0 fully saturated rings. The Morgan fingerprint density at radius 2 is 2.45 bits per heavy atom. The van der Waals surface area contributed by atoms with Gasteiger partial charge in [-0.1, -0.05) is 12.1 Å². The van der Waals surface area contributed by atoms with Crippen LogP contribution in [0.1, 0.15) is 23.0 Å². The summed E-state index contributed by atoms with van der Waals surface area (Å²) >= 11 is 5.50. The molecule has 0 spiro atoms. The van der Waals surface area contributed by atoms with Gasteiger partial charge in [-0.15, -0.1) is 0 Å². The molecular weight excluding hydrogens is 170 g/mol. The number of rotatable bonds is 2. The lowest BCUT2D eigenvalue weighted by atomic mass is 10.2. The molecule has 0 amide bonds. The second kappa shape index (κ2) is 2.92. The highest BCUT2D eigenvalue weighted by atomic mass is 35.5. The molecule has 1 aromatic heterocycles. The highest BCUT2D eigenvalue weighted by Gasteiger charge is 2.17. The summed E-state index contributed by atoms with van der Waals surface area (Å²) < 4.78 is 4.48. The van der Waals surface area contributed by atoms with Crippen molar-refractivity contribution in [2.45, 2.75) is 13.3 Å². The summed E-state index contributed by atoms with van der Waals surface area (Å²) in [5.41, 5.74) is 0.344. The molecule has 0 aliphatic heterocycles. The van der Waals surface area contributed by atoms with E-state index >= 15 is 0 Å². The molecule has 1 aromatic rings. The van der Waals surface area contributed by atoms with Gasteiger partial charge in [0, 0.05) is 5.56 Å². The minimum Gasteiger partial charge on any atom is -0.476 e. The third-order valence-electron chi connectivity index (χ3n) is 1.30. The lowest BCUT2D eigenvalue weighted by Gasteiger charge is -1.89. The Morgan fingerprint density at radius 1 is 1.82 bits per heavy atom. The average Bonchev–Trinajstić information content (AvgIpc) is 2.30. The molecule has 0 aromatic carbocycles. The molecule has 0 aliphatic carbocycles. The molecule has 11 heavy (non-hydrogen) atoms. The van der Waals surface area contributed by atoms with Crippen LogP contribution < -0.4 is 0 Å². The molecule has 0 saturated carbocycles. The Labute approximate surface area is 67.8 Å². The predicted molar refractivity (Wildman–Crippen MR) is 37.9 cm³/mol. The molecule has 0 radical (unpaired) electrons. The smallest absolute Gasteiger partial charge is 0.358 e. The number of hydrogen-bond donors (Lipinski definition) is 1. The molecule has 0 bridgehead atoms. The SMILES string of the molecule is CCc1c(C(=O)O)noc1Cl. The monoisotopic (exact) mass is 175 g/mol. The van der Waals surface area contributed by atoms with Crippen molar-refractivity contribution in [3.63, 3.8) is 0 Å². The number of aromatic carboxylic acids is 1. The first kappa shape index (κ1) is 8.07. The maximum absolute atomic E-state index is 10.4. The van der Waals surface area contributed by atoms with Crippen LogP contribution in [0.4, 0.5) is 0 Å². The quantitative estimate of drug-likeness (QED) is 0.742. The molecule has 5 heteroatoms. The Balaban J connectivity index is 3.15. The number of carbonyl (C=O) groups is 1.